The van der Waals surface area contributed by atoms with Gasteiger partial charge in [0.2, 0.25) is 5.95 Å². The monoisotopic (exact) mass is 264 g/mol. The largest absolute Gasteiger partial charge is 0.373 e. The molecule has 1 aromatic heterocycles. The Hall–Kier alpha value is -1.56. The summed E-state index contributed by atoms with van der Waals surface area (Å²) in [7, 11) is 3.93. The Morgan fingerprint density at radius 1 is 1.42 bits per heavy atom. The van der Waals surface area contributed by atoms with Crippen molar-refractivity contribution >= 4 is 17.6 Å². The first kappa shape index (κ1) is 13.9. The van der Waals surface area contributed by atoms with Crippen LogP contribution in [0.1, 0.15) is 19.8 Å². The zero-order valence-electron chi connectivity index (χ0n) is 12.1. The van der Waals surface area contributed by atoms with Crippen molar-refractivity contribution in [3.8, 4) is 0 Å². The molecule has 1 aliphatic rings. The maximum atomic E-state index is 5.75. The number of nitrogens with two attached hydrogens (primary N) is 1. The van der Waals surface area contributed by atoms with Crippen LogP contribution in [0, 0.1) is 0 Å². The van der Waals surface area contributed by atoms with Crippen molar-refractivity contribution in [3.05, 3.63) is 6.07 Å². The van der Waals surface area contributed by atoms with Crippen LogP contribution in [-0.2, 0) is 0 Å². The van der Waals surface area contributed by atoms with Gasteiger partial charge in [-0.25, -0.2) is 0 Å². The van der Waals surface area contributed by atoms with E-state index in [-0.39, 0.29) is 0 Å². The van der Waals surface area contributed by atoms with Gasteiger partial charge in [-0.05, 0) is 19.4 Å². The van der Waals surface area contributed by atoms with Gasteiger partial charge in [0.15, 0.2) is 0 Å². The summed E-state index contributed by atoms with van der Waals surface area (Å²) in [5.74, 6) is 1.98. The van der Waals surface area contributed by atoms with Crippen LogP contribution in [0.4, 0.5) is 17.6 Å². The van der Waals surface area contributed by atoms with Crippen LogP contribution in [0.25, 0.3) is 0 Å². The molecule has 0 saturated carbocycles. The molecule has 2 heterocycles. The number of hydrogen-bond donors (Lipinski definition) is 2. The molecule has 0 unspecified atom stereocenters. The average molecular weight is 264 g/mol. The number of aromatic nitrogens is 2. The van der Waals surface area contributed by atoms with Crippen LogP contribution in [0.3, 0.4) is 0 Å². The number of nitrogens with one attached hydrogen (secondary N) is 1. The predicted octanol–water partition coefficient (Wildman–Crippen LogP) is 1.02. The van der Waals surface area contributed by atoms with Crippen LogP contribution in [0.15, 0.2) is 6.07 Å². The molecule has 6 nitrogen and oxygen atoms in total. The molecule has 0 atom stereocenters. The van der Waals surface area contributed by atoms with Crippen molar-refractivity contribution in [3.63, 3.8) is 0 Å². The van der Waals surface area contributed by atoms with E-state index < -0.39 is 0 Å². The summed E-state index contributed by atoms with van der Waals surface area (Å²) in [6.07, 6.45) is 2.34. The lowest BCUT2D eigenvalue weighted by Gasteiger charge is -2.36. The molecule has 0 aliphatic carbocycles. The van der Waals surface area contributed by atoms with E-state index in [4.69, 9.17) is 5.73 Å². The molecular formula is C13H24N6. The molecule has 0 bridgehead atoms. The van der Waals surface area contributed by atoms with Crippen LogP contribution in [0.2, 0.25) is 0 Å². The van der Waals surface area contributed by atoms with Gasteiger partial charge in [-0.2, -0.15) is 9.97 Å². The number of piperidine rings is 1. The van der Waals surface area contributed by atoms with Crippen molar-refractivity contribution in [2.24, 2.45) is 0 Å². The fourth-order valence-electron chi connectivity index (χ4n) is 2.57. The lowest BCUT2D eigenvalue weighted by atomic mass is 10.0. The third-order valence-electron chi connectivity index (χ3n) is 3.90. The van der Waals surface area contributed by atoms with Crippen molar-refractivity contribution in [1.29, 1.82) is 0 Å². The second kappa shape index (κ2) is 6.06. The molecule has 1 aliphatic heterocycles. The first-order chi connectivity index (χ1) is 9.13. The normalized spacial score (nSPS) is 17.4. The van der Waals surface area contributed by atoms with Gasteiger partial charge in [0.05, 0.1) is 0 Å². The highest BCUT2D eigenvalue weighted by Gasteiger charge is 2.22. The van der Waals surface area contributed by atoms with Gasteiger partial charge in [-0.3, -0.25) is 0 Å². The number of likely N-dealkylation sites (tertiary alicyclic amines) is 1. The summed E-state index contributed by atoms with van der Waals surface area (Å²) < 4.78 is 0. The van der Waals surface area contributed by atoms with E-state index in [1.165, 1.54) is 12.8 Å². The second-order valence-electron chi connectivity index (χ2n) is 5.00. The first-order valence-electron chi connectivity index (χ1n) is 6.91. The molecule has 1 fully saturated rings. The molecule has 0 aromatic carbocycles. The number of hydrogen-bond acceptors (Lipinski definition) is 6. The molecule has 3 N–H and O–H groups in total. The molecule has 1 saturated heterocycles. The van der Waals surface area contributed by atoms with Crippen molar-refractivity contribution in [2.75, 3.05) is 49.7 Å². The van der Waals surface area contributed by atoms with Crippen LogP contribution in [0.5, 0.6) is 0 Å². The summed E-state index contributed by atoms with van der Waals surface area (Å²) in [6, 6.07) is 2.48. The van der Waals surface area contributed by atoms with Gasteiger partial charge in [0, 0.05) is 39.3 Å². The fourth-order valence-corrected chi connectivity index (χ4v) is 2.57. The molecular weight excluding hydrogens is 240 g/mol. The van der Waals surface area contributed by atoms with Crippen molar-refractivity contribution in [2.45, 2.75) is 25.8 Å². The zero-order valence-corrected chi connectivity index (χ0v) is 12.1. The Kier molecular flexibility index (Phi) is 4.42. The Morgan fingerprint density at radius 3 is 2.68 bits per heavy atom. The Morgan fingerprint density at radius 2 is 2.11 bits per heavy atom. The summed E-state index contributed by atoms with van der Waals surface area (Å²) in [6.45, 7) is 5.67. The fraction of sp³-hybridized carbons (Fsp3) is 0.692. The van der Waals surface area contributed by atoms with Crippen LogP contribution in [-0.4, -0.2) is 54.6 Å². The first-order valence-corrected chi connectivity index (χ1v) is 6.91. The molecule has 0 radical (unpaired) electrons. The van der Waals surface area contributed by atoms with E-state index >= 15 is 0 Å². The lowest BCUT2D eigenvalue weighted by molar-refractivity contribution is 0.220. The highest BCUT2D eigenvalue weighted by Crippen LogP contribution is 2.22. The highest BCUT2D eigenvalue weighted by atomic mass is 15.2. The standard InChI is InChI=1S/C13H24N6/c1-4-19-7-5-10(6-8-19)18(3)12-9-11(15-2)16-13(14)17-12/h9-10H,4-8H2,1-3H3,(H3,14,15,16,17). The molecule has 106 valence electrons. The van der Waals surface area contributed by atoms with Gasteiger partial charge < -0.3 is 20.9 Å². The van der Waals surface area contributed by atoms with Gasteiger partial charge in [-0.1, -0.05) is 6.92 Å². The Bertz CT molecular complexity index is 414. The molecule has 19 heavy (non-hydrogen) atoms. The molecule has 1 aromatic rings. The molecule has 0 spiro atoms. The van der Waals surface area contributed by atoms with E-state index in [1.807, 2.05) is 13.1 Å². The maximum absolute atomic E-state index is 5.75. The predicted molar refractivity (Wildman–Crippen MR) is 79.5 cm³/mol. The minimum absolute atomic E-state index is 0.319. The van der Waals surface area contributed by atoms with E-state index in [1.54, 1.807) is 0 Å². The summed E-state index contributed by atoms with van der Waals surface area (Å²) in [5.41, 5.74) is 5.75. The third kappa shape index (κ3) is 3.26. The smallest absolute Gasteiger partial charge is 0.223 e. The van der Waals surface area contributed by atoms with Crippen molar-refractivity contribution < 1.29 is 0 Å². The lowest BCUT2D eigenvalue weighted by Crippen LogP contribution is -2.43. The topological polar surface area (TPSA) is 70.3 Å². The highest BCUT2D eigenvalue weighted by molar-refractivity contribution is 5.52. The molecule has 2 rings (SSSR count). The minimum Gasteiger partial charge on any atom is -0.373 e. The average Bonchev–Trinajstić information content (AvgIpc) is 2.46. The van der Waals surface area contributed by atoms with Gasteiger partial charge in [0.25, 0.3) is 0 Å². The van der Waals surface area contributed by atoms with Gasteiger partial charge >= 0.3 is 0 Å². The molecule has 0 amide bonds. The van der Waals surface area contributed by atoms with E-state index in [0.29, 0.717) is 12.0 Å². The Balaban J connectivity index is 2.07. The third-order valence-corrected chi connectivity index (χ3v) is 3.90. The number of nitrogen functional groups attached to an aromatic ring is 1. The van der Waals surface area contributed by atoms with E-state index in [2.05, 4.69) is 39.1 Å². The minimum atomic E-state index is 0.319. The number of nitrogens with zero attached hydrogens (tertiary/aromatic N) is 4. The van der Waals surface area contributed by atoms with E-state index in [0.717, 1.165) is 31.3 Å². The van der Waals surface area contributed by atoms with Crippen LogP contribution < -0.4 is 16.0 Å². The number of rotatable bonds is 4. The SMILES string of the molecule is CCN1CCC(N(C)c2cc(NC)nc(N)n2)CC1. The van der Waals surface area contributed by atoms with Crippen LogP contribution >= 0.6 is 0 Å². The summed E-state index contributed by atoms with van der Waals surface area (Å²) >= 11 is 0. The second-order valence-corrected chi connectivity index (χ2v) is 5.00. The van der Waals surface area contributed by atoms with Crippen molar-refractivity contribution in [1.82, 2.24) is 14.9 Å². The zero-order chi connectivity index (χ0) is 13.8. The number of anilines is 3. The maximum Gasteiger partial charge on any atom is 0.223 e. The summed E-state index contributed by atoms with van der Waals surface area (Å²) in [5, 5.41) is 3.02. The van der Waals surface area contributed by atoms with Gasteiger partial charge in [-0.15, -0.1) is 0 Å². The quantitative estimate of drug-likeness (QED) is 0.846. The Labute approximate surface area is 115 Å². The van der Waals surface area contributed by atoms with Gasteiger partial charge in [0.1, 0.15) is 11.6 Å². The summed E-state index contributed by atoms with van der Waals surface area (Å²) in [4.78, 5) is 13.2. The molecule has 6 heteroatoms. The van der Waals surface area contributed by atoms with E-state index in [9.17, 15) is 0 Å².